The van der Waals surface area contributed by atoms with Crippen LogP contribution in [-0.2, 0) is 0 Å². The SMILES string of the molecule is Oc1cccc([C@@H](C2CCCC2)N2CCNCC2)c1O. The van der Waals surface area contributed by atoms with Crippen molar-refractivity contribution in [2.45, 2.75) is 31.7 Å². The highest BCUT2D eigenvalue weighted by atomic mass is 16.3. The van der Waals surface area contributed by atoms with Crippen LogP contribution in [-0.4, -0.2) is 41.3 Å². The molecule has 0 aromatic heterocycles. The van der Waals surface area contributed by atoms with Gasteiger partial charge in [0.2, 0.25) is 0 Å². The average Bonchev–Trinajstić information content (AvgIpc) is 2.99. The molecule has 3 N–H and O–H groups in total. The Labute approximate surface area is 120 Å². The molecule has 1 aliphatic carbocycles. The minimum absolute atomic E-state index is 0.000585. The number of hydrogen-bond acceptors (Lipinski definition) is 4. The molecule has 2 aliphatic rings. The quantitative estimate of drug-likeness (QED) is 0.741. The van der Waals surface area contributed by atoms with Crippen LogP contribution in [0.2, 0.25) is 0 Å². The monoisotopic (exact) mass is 276 g/mol. The number of phenolic OH excluding ortho intramolecular Hbond substituents is 2. The molecule has 0 amide bonds. The second kappa shape index (κ2) is 6.02. The van der Waals surface area contributed by atoms with E-state index >= 15 is 0 Å². The van der Waals surface area contributed by atoms with Crippen molar-refractivity contribution in [3.63, 3.8) is 0 Å². The van der Waals surface area contributed by atoms with Crippen molar-refractivity contribution in [2.24, 2.45) is 5.92 Å². The van der Waals surface area contributed by atoms with E-state index in [9.17, 15) is 10.2 Å². The van der Waals surface area contributed by atoms with Crippen LogP contribution in [0.1, 0.15) is 37.3 Å². The first-order chi connectivity index (χ1) is 9.77. The van der Waals surface area contributed by atoms with E-state index in [-0.39, 0.29) is 17.5 Å². The van der Waals surface area contributed by atoms with Gasteiger partial charge in [-0.25, -0.2) is 0 Å². The molecule has 3 rings (SSSR count). The first kappa shape index (κ1) is 13.7. The van der Waals surface area contributed by atoms with Gasteiger partial charge in [-0.05, 0) is 24.8 Å². The van der Waals surface area contributed by atoms with E-state index in [4.69, 9.17) is 0 Å². The lowest BCUT2D eigenvalue weighted by Crippen LogP contribution is -2.46. The van der Waals surface area contributed by atoms with Crippen molar-refractivity contribution in [1.29, 1.82) is 0 Å². The Kier molecular flexibility index (Phi) is 4.13. The molecule has 1 saturated carbocycles. The summed E-state index contributed by atoms with van der Waals surface area (Å²) >= 11 is 0. The number of phenols is 2. The smallest absolute Gasteiger partial charge is 0.162 e. The van der Waals surface area contributed by atoms with Crippen molar-refractivity contribution in [3.8, 4) is 11.5 Å². The van der Waals surface area contributed by atoms with Crippen molar-refractivity contribution < 1.29 is 10.2 Å². The van der Waals surface area contributed by atoms with Gasteiger partial charge < -0.3 is 15.5 Å². The third-order valence-corrected chi connectivity index (χ3v) is 4.76. The summed E-state index contributed by atoms with van der Waals surface area (Å²) in [5.74, 6) is 0.671. The maximum Gasteiger partial charge on any atom is 0.162 e. The minimum Gasteiger partial charge on any atom is -0.504 e. The summed E-state index contributed by atoms with van der Waals surface area (Å²) in [5, 5.41) is 23.5. The number of piperazine rings is 1. The number of para-hydroxylation sites is 1. The Morgan fingerprint density at radius 2 is 1.80 bits per heavy atom. The van der Waals surface area contributed by atoms with Gasteiger partial charge in [0.05, 0.1) is 0 Å². The number of aromatic hydroxyl groups is 2. The maximum atomic E-state index is 10.3. The predicted molar refractivity (Wildman–Crippen MR) is 78.9 cm³/mol. The molecule has 0 unspecified atom stereocenters. The summed E-state index contributed by atoms with van der Waals surface area (Å²) in [5.41, 5.74) is 0.902. The lowest BCUT2D eigenvalue weighted by molar-refractivity contribution is 0.123. The number of nitrogens with one attached hydrogen (secondary N) is 1. The van der Waals surface area contributed by atoms with E-state index in [1.54, 1.807) is 6.07 Å². The van der Waals surface area contributed by atoms with E-state index in [1.165, 1.54) is 25.7 Å². The summed E-state index contributed by atoms with van der Waals surface area (Å²) in [6, 6.07) is 5.61. The van der Waals surface area contributed by atoms with Crippen molar-refractivity contribution in [1.82, 2.24) is 10.2 Å². The Hall–Kier alpha value is -1.26. The first-order valence-corrected chi connectivity index (χ1v) is 7.73. The highest BCUT2D eigenvalue weighted by molar-refractivity contribution is 5.46. The van der Waals surface area contributed by atoms with E-state index in [2.05, 4.69) is 10.2 Å². The van der Waals surface area contributed by atoms with E-state index in [0.29, 0.717) is 5.92 Å². The molecule has 110 valence electrons. The lowest BCUT2D eigenvalue weighted by atomic mass is 9.89. The second-order valence-electron chi connectivity index (χ2n) is 5.99. The third kappa shape index (κ3) is 2.63. The van der Waals surface area contributed by atoms with Crippen molar-refractivity contribution >= 4 is 0 Å². The number of rotatable bonds is 3. The number of benzene rings is 1. The molecule has 20 heavy (non-hydrogen) atoms. The molecule has 4 heteroatoms. The van der Waals surface area contributed by atoms with Gasteiger partial charge in [-0.3, -0.25) is 4.90 Å². The summed E-state index contributed by atoms with van der Waals surface area (Å²) in [4.78, 5) is 2.47. The third-order valence-electron chi connectivity index (χ3n) is 4.76. The molecule has 0 spiro atoms. The summed E-state index contributed by atoms with van der Waals surface area (Å²) < 4.78 is 0. The van der Waals surface area contributed by atoms with Crippen LogP contribution < -0.4 is 5.32 Å². The molecule has 1 heterocycles. The first-order valence-electron chi connectivity index (χ1n) is 7.73. The van der Waals surface area contributed by atoms with Crippen LogP contribution in [0, 0.1) is 5.92 Å². The summed E-state index contributed by atoms with van der Waals surface area (Å²) in [6.45, 7) is 4.03. The predicted octanol–water partition coefficient (Wildman–Crippen LogP) is 2.23. The molecule has 1 aromatic carbocycles. The summed E-state index contributed by atoms with van der Waals surface area (Å²) in [6.07, 6.45) is 5.02. The van der Waals surface area contributed by atoms with Gasteiger partial charge in [-0.2, -0.15) is 0 Å². The van der Waals surface area contributed by atoms with E-state index in [0.717, 1.165) is 31.7 Å². The van der Waals surface area contributed by atoms with Crippen molar-refractivity contribution in [3.05, 3.63) is 23.8 Å². The number of hydrogen-bond donors (Lipinski definition) is 3. The topological polar surface area (TPSA) is 55.7 Å². The van der Waals surface area contributed by atoms with Gasteiger partial charge in [0.25, 0.3) is 0 Å². The second-order valence-corrected chi connectivity index (χ2v) is 5.99. The largest absolute Gasteiger partial charge is 0.504 e. The van der Waals surface area contributed by atoms with Gasteiger partial charge >= 0.3 is 0 Å². The van der Waals surface area contributed by atoms with E-state index < -0.39 is 0 Å². The fourth-order valence-electron chi connectivity index (χ4n) is 3.77. The Bertz CT molecular complexity index is 452. The molecule has 1 atom stereocenters. The van der Waals surface area contributed by atoms with Crippen LogP contribution in [0.25, 0.3) is 0 Å². The van der Waals surface area contributed by atoms with Crippen LogP contribution >= 0.6 is 0 Å². The highest BCUT2D eigenvalue weighted by Crippen LogP contribution is 2.44. The molecule has 4 nitrogen and oxygen atoms in total. The Morgan fingerprint density at radius 1 is 1.10 bits per heavy atom. The molecular weight excluding hydrogens is 252 g/mol. The van der Waals surface area contributed by atoms with Gasteiger partial charge in [-0.15, -0.1) is 0 Å². The van der Waals surface area contributed by atoms with Crippen LogP contribution in [0.15, 0.2) is 18.2 Å². The van der Waals surface area contributed by atoms with Gasteiger partial charge in [0, 0.05) is 37.8 Å². The minimum atomic E-state index is 0.000585. The van der Waals surface area contributed by atoms with Gasteiger partial charge in [0.15, 0.2) is 11.5 Å². The zero-order valence-electron chi connectivity index (χ0n) is 11.9. The molecule has 1 aliphatic heterocycles. The maximum absolute atomic E-state index is 10.3. The molecule has 2 fully saturated rings. The standard InChI is InChI=1S/C16H24N2O2/c19-14-7-3-6-13(16(14)20)15(12-4-1-2-5-12)18-10-8-17-9-11-18/h3,6-7,12,15,17,19-20H,1-2,4-5,8-11H2/t15-/m1/s1. The fourth-order valence-corrected chi connectivity index (χ4v) is 3.77. The molecule has 1 aromatic rings. The number of nitrogens with zero attached hydrogens (tertiary/aromatic N) is 1. The zero-order valence-corrected chi connectivity index (χ0v) is 11.9. The molecule has 0 bridgehead atoms. The van der Waals surface area contributed by atoms with Crippen molar-refractivity contribution in [2.75, 3.05) is 26.2 Å². The fraction of sp³-hybridized carbons (Fsp3) is 0.625. The summed E-state index contributed by atoms with van der Waals surface area (Å²) in [7, 11) is 0. The average molecular weight is 276 g/mol. The van der Waals surface area contributed by atoms with Gasteiger partial charge in [-0.1, -0.05) is 25.0 Å². The molecule has 0 radical (unpaired) electrons. The molecular formula is C16H24N2O2. The Balaban J connectivity index is 1.93. The van der Waals surface area contributed by atoms with Crippen LogP contribution in [0.4, 0.5) is 0 Å². The zero-order chi connectivity index (χ0) is 13.9. The van der Waals surface area contributed by atoms with Crippen LogP contribution in [0.3, 0.4) is 0 Å². The normalized spacial score (nSPS) is 23.0. The highest BCUT2D eigenvalue weighted by Gasteiger charge is 2.33. The van der Waals surface area contributed by atoms with Gasteiger partial charge in [0.1, 0.15) is 0 Å². The molecule has 1 saturated heterocycles. The lowest BCUT2D eigenvalue weighted by Gasteiger charge is -2.38. The Morgan fingerprint density at radius 3 is 2.50 bits per heavy atom. The van der Waals surface area contributed by atoms with Crippen LogP contribution in [0.5, 0.6) is 11.5 Å². The van der Waals surface area contributed by atoms with E-state index in [1.807, 2.05) is 12.1 Å².